The third kappa shape index (κ3) is 3.24. The lowest BCUT2D eigenvalue weighted by Gasteiger charge is -2.16. The summed E-state index contributed by atoms with van der Waals surface area (Å²) in [7, 11) is 0. The monoisotopic (exact) mass is 219 g/mol. The van der Waals surface area contributed by atoms with E-state index in [1.54, 1.807) is 0 Å². The Morgan fingerprint density at radius 3 is 2.69 bits per heavy atom. The fraction of sp³-hybridized carbons (Fsp3) is 0.571. The smallest absolute Gasteiger partial charge is 0.120 e. The maximum atomic E-state index is 5.87. The van der Waals surface area contributed by atoms with Gasteiger partial charge in [-0.3, -0.25) is 0 Å². The summed E-state index contributed by atoms with van der Waals surface area (Å²) in [6, 6.07) is 7.04. The Balaban J connectivity index is 1.84. The molecular weight excluding hydrogens is 198 g/mol. The number of aryl methyl sites for hydroxylation is 2. The first-order chi connectivity index (χ1) is 7.65. The molecule has 1 aromatic carbocycles. The fourth-order valence-electron chi connectivity index (χ4n) is 1.68. The van der Waals surface area contributed by atoms with E-state index in [1.165, 1.54) is 24.0 Å². The van der Waals surface area contributed by atoms with Crippen LogP contribution >= 0.6 is 0 Å². The predicted octanol–water partition coefficient (Wildman–Crippen LogP) is 2.82. The predicted molar refractivity (Wildman–Crippen MR) is 67.0 cm³/mol. The van der Waals surface area contributed by atoms with Gasteiger partial charge in [0.25, 0.3) is 0 Å². The van der Waals surface area contributed by atoms with Crippen LogP contribution in [0.3, 0.4) is 0 Å². The number of ether oxygens (including phenoxy) is 1. The highest BCUT2D eigenvalue weighted by molar-refractivity contribution is 5.33. The van der Waals surface area contributed by atoms with Gasteiger partial charge in [-0.05, 0) is 56.9 Å². The molecule has 0 radical (unpaired) electrons. The molecule has 16 heavy (non-hydrogen) atoms. The summed E-state index contributed by atoms with van der Waals surface area (Å²) in [6.07, 6.45) is 2.90. The van der Waals surface area contributed by atoms with Crippen LogP contribution in [0.4, 0.5) is 0 Å². The van der Waals surface area contributed by atoms with Gasteiger partial charge in [-0.15, -0.1) is 0 Å². The molecule has 0 amide bonds. The van der Waals surface area contributed by atoms with Crippen LogP contribution in [-0.2, 0) is 0 Å². The Morgan fingerprint density at radius 2 is 2.06 bits per heavy atom. The standard InChI is InChI=1S/C14H21NO/c1-10-4-7-14(8-11(10)2)16-12(3)9-15-13-5-6-13/h4,7-8,12-13,15H,5-6,9H2,1-3H3. The molecule has 0 heterocycles. The zero-order chi connectivity index (χ0) is 11.5. The number of hydrogen-bond donors (Lipinski definition) is 1. The molecule has 1 aliphatic carbocycles. The summed E-state index contributed by atoms with van der Waals surface area (Å²) < 4.78 is 5.87. The number of rotatable bonds is 5. The molecule has 0 spiro atoms. The molecule has 1 fully saturated rings. The summed E-state index contributed by atoms with van der Waals surface area (Å²) in [5.74, 6) is 0.980. The van der Waals surface area contributed by atoms with Gasteiger partial charge in [-0.1, -0.05) is 6.07 Å². The zero-order valence-electron chi connectivity index (χ0n) is 10.4. The Kier molecular flexibility index (Phi) is 3.49. The van der Waals surface area contributed by atoms with E-state index < -0.39 is 0 Å². The zero-order valence-corrected chi connectivity index (χ0v) is 10.4. The van der Waals surface area contributed by atoms with Crippen molar-refractivity contribution in [2.45, 2.75) is 45.8 Å². The van der Waals surface area contributed by atoms with Crippen LogP contribution in [0.15, 0.2) is 18.2 Å². The van der Waals surface area contributed by atoms with Crippen LogP contribution in [0.25, 0.3) is 0 Å². The van der Waals surface area contributed by atoms with E-state index in [1.807, 2.05) is 0 Å². The van der Waals surface area contributed by atoms with Gasteiger partial charge in [-0.2, -0.15) is 0 Å². The van der Waals surface area contributed by atoms with Crippen molar-refractivity contribution in [2.75, 3.05) is 6.54 Å². The second kappa shape index (κ2) is 4.88. The lowest BCUT2D eigenvalue weighted by atomic mass is 10.1. The lowest BCUT2D eigenvalue weighted by Crippen LogP contribution is -2.30. The van der Waals surface area contributed by atoms with Crippen molar-refractivity contribution in [1.29, 1.82) is 0 Å². The highest BCUT2D eigenvalue weighted by Gasteiger charge is 2.21. The van der Waals surface area contributed by atoms with Crippen molar-refractivity contribution in [3.8, 4) is 5.75 Å². The van der Waals surface area contributed by atoms with Crippen molar-refractivity contribution in [3.05, 3.63) is 29.3 Å². The maximum absolute atomic E-state index is 5.87. The summed E-state index contributed by atoms with van der Waals surface area (Å²) in [4.78, 5) is 0. The molecule has 0 bridgehead atoms. The van der Waals surface area contributed by atoms with Gasteiger partial charge in [0.05, 0.1) is 0 Å². The highest BCUT2D eigenvalue weighted by Crippen LogP contribution is 2.20. The second-order valence-electron chi connectivity index (χ2n) is 4.86. The summed E-state index contributed by atoms with van der Waals surface area (Å²) >= 11 is 0. The van der Waals surface area contributed by atoms with E-state index in [4.69, 9.17) is 4.74 Å². The van der Waals surface area contributed by atoms with Gasteiger partial charge in [0.15, 0.2) is 0 Å². The summed E-state index contributed by atoms with van der Waals surface area (Å²) in [6.45, 7) is 7.30. The SMILES string of the molecule is Cc1ccc(OC(C)CNC2CC2)cc1C. The molecule has 1 unspecified atom stereocenters. The molecule has 1 N–H and O–H groups in total. The van der Waals surface area contributed by atoms with E-state index in [2.05, 4.69) is 44.3 Å². The number of hydrogen-bond acceptors (Lipinski definition) is 2. The van der Waals surface area contributed by atoms with Crippen molar-refractivity contribution < 1.29 is 4.74 Å². The van der Waals surface area contributed by atoms with Gasteiger partial charge in [0, 0.05) is 12.6 Å². The summed E-state index contributed by atoms with van der Waals surface area (Å²) in [5, 5.41) is 3.48. The minimum Gasteiger partial charge on any atom is -0.489 e. The quantitative estimate of drug-likeness (QED) is 0.822. The van der Waals surface area contributed by atoms with E-state index >= 15 is 0 Å². The normalized spacial score (nSPS) is 17.2. The molecule has 1 aromatic rings. The van der Waals surface area contributed by atoms with Crippen molar-refractivity contribution in [3.63, 3.8) is 0 Å². The summed E-state index contributed by atoms with van der Waals surface area (Å²) in [5.41, 5.74) is 2.61. The molecule has 2 heteroatoms. The van der Waals surface area contributed by atoms with E-state index in [9.17, 15) is 0 Å². The molecule has 88 valence electrons. The van der Waals surface area contributed by atoms with Gasteiger partial charge in [0.2, 0.25) is 0 Å². The van der Waals surface area contributed by atoms with Crippen LogP contribution in [0.1, 0.15) is 30.9 Å². The number of nitrogens with one attached hydrogen (secondary N) is 1. The minimum absolute atomic E-state index is 0.239. The third-order valence-corrected chi connectivity index (χ3v) is 3.09. The average Bonchev–Trinajstić information content (AvgIpc) is 3.04. The van der Waals surface area contributed by atoms with Crippen LogP contribution in [0.2, 0.25) is 0 Å². The van der Waals surface area contributed by atoms with Gasteiger partial charge in [-0.25, -0.2) is 0 Å². The molecule has 0 aliphatic heterocycles. The first-order valence-electron chi connectivity index (χ1n) is 6.12. The Morgan fingerprint density at radius 1 is 1.31 bits per heavy atom. The molecule has 0 aromatic heterocycles. The average molecular weight is 219 g/mol. The van der Waals surface area contributed by atoms with E-state index in [0.717, 1.165) is 18.3 Å². The first-order valence-corrected chi connectivity index (χ1v) is 6.12. The highest BCUT2D eigenvalue weighted by atomic mass is 16.5. The molecule has 0 saturated heterocycles. The van der Waals surface area contributed by atoms with Crippen LogP contribution < -0.4 is 10.1 Å². The Labute approximate surface area is 98.0 Å². The topological polar surface area (TPSA) is 21.3 Å². The maximum Gasteiger partial charge on any atom is 0.120 e. The first kappa shape index (κ1) is 11.5. The van der Waals surface area contributed by atoms with Crippen LogP contribution in [-0.4, -0.2) is 18.7 Å². The van der Waals surface area contributed by atoms with Crippen molar-refractivity contribution >= 4 is 0 Å². The van der Waals surface area contributed by atoms with E-state index in [-0.39, 0.29) is 6.10 Å². The van der Waals surface area contributed by atoms with Crippen LogP contribution in [0, 0.1) is 13.8 Å². The largest absolute Gasteiger partial charge is 0.489 e. The fourth-order valence-corrected chi connectivity index (χ4v) is 1.68. The van der Waals surface area contributed by atoms with Gasteiger partial charge < -0.3 is 10.1 Å². The molecule has 2 rings (SSSR count). The molecule has 1 atom stereocenters. The Hall–Kier alpha value is -1.02. The van der Waals surface area contributed by atoms with Gasteiger partial charge in [0.1, 0.15) is 11.9 Å². The second-order valence-corrected chi connectivity index (χ2v) is 4.86. The molecule has 1 saturated carbocycles. The third-order valence-electron chi connectivity index (χ3n) is 3.09. The minimum atomic E-state index is 0.239. The van der Waals surface area contributed by atoms with E-state index in [0.29, 0.717) is 0 Å². The van der Waals surface area contributed by atoms with Gasteiger partial charge >= 0.3 is 0 Å². The van der Waals surface area contributed by atoms with Crippen molar-refractivity contribution in [2.24, 2.45) is 0 Å². The van der Waals surface area contributed by atoms with Crippen LogP contribution in [0.5, 0.6) is 5.75 Å². The molecule has 2 nitrogen and oxygen atoms in total. The molecule has 1 aliphatic rings. The number of benzene rings is 1. The lowest BCUT2D eigenvalue weighted by molar-refractivity contribution is 0.216. The van der Waals surface area contributed by atoms with Crippen molar-refractivity contribution in [1.82, 2.24) is 5.32 Å². The molecular formula is C14H21NO. The Bertz CT molecular complexity index is 358.